The first kappa shape index (κ1) is 23.5. The second-order valence-electron chi connectivity index (χ2n) is 9.47. The number of benzene rings is 2. The second kappa shape index (κ2) is 8.97. The van der Waals surface area contributed by atoms with Gasteiger partial charge in [0.2, 0.25) is 0 Å². The summed E-state index contributed by atoms with van der Waals surface area (Å²) >= 11 is 0. The third kappa shape index (κ3) is 4.30. The SMILES string of the molecule is COc1cccc(C2C(C(=O)Nc3ccc(F)cc3)=C(C)NC3=C2C(=O)CC(C)(C)C3)c1OC. The van der Waals surface area contributed by atoms with Crippen LogP contribution >= 0.6 is 0 Å². The van der Waals surface area contributed by atoms with Crippen LogP contribution < -0.4 is 20.1 Å². The van der Waals surface area contributed by atoms with Crippen LogP contribution in [0.15, 0.2) is 65.0 Å². The number of allylic oxidation sites excluding steroid dienone is 3. The second-order valence-corrected chi connectivity index (χ2v) is 9.47. The van der Waals surface area contributed by atoms with Gasteiger partial charge >= 0.3 is 0 Å². The van der Waals surface area contributed by atoms with Crippen LogP contribution in [0.2, 0.25) is 0 Å². The molecule has 0 bridgehead atoms. The number of ether oxygens (including phenoxy) is 2. The van der Waals surface area contributed by atoms with Crippen molar-refractivity contribution in [1.82, 2.24) is 5.32 Å². The zero-order valence-electron chi connectivity index (χ0n) is 20.0. The Labute approximate surface area is 198 Å². The number of amides is 1. The van der Waals surface area contributed by atoms with Crippen LogP contribution in [0.4, 0.5) is 10.1 Å². The highest BCUT2D eigenvalue weighted by Crippen LogP contribution is 2.50. The Hall–Kier alpha value is -3.61. The maximum absolute atomic E-state index is 13.6. The summed E-state index contributed by atoms with van der Waals surface area (Å²) < 4.78 is 24.6. The van der Waals surface area contributed by atoms with E-state index in [-0.39, 0.29) is 17.1 Å². The van der Waals surface area contributed by atoms with Gasteiger partial charge in [0.25, 0.3) is 5.91 Å². The summed E-state index contributed by atoms with van der Waals surface area (Å²) in [6.45, 7) is 5.95. The number of dihydropyridines is 1. The lowest BCUT2D eigenvalue weighted by Gasteiger charge is -2.40. The zero-order valence-corrected chi connectivity index (χ0v) is 20.0. The largest absolute Gasteiger partial charge is 0.493 e. The average Bonchev–Trinajstić information content (AvgIpc) is 2.78. The number of carbonyl (C=O) groups excluding carboxylic acids is 2. The molecule has 1 amide bonds. The number of halogens is 1. The quantitative estimate of drug-likeness (QED) is 0.645. The number of ketones is 1. The monoisotopic (exact) mass is 464 g/mol. The van der Waals surface area contributed by atoms with Crippen molar-refractivity contribution in [2.45, 2.75) is 39.5 Å². The maximum atomic E-state index is 13.6. The van der Waals surface area contributed by atoms with Gasteiger partial charge in [-0.1, -0.05) is 26.0 Å². The number of hydrogen-bond donors (Lipinski definition) is 2. The topological polar surface area (TPSA) is 76.7 Å². The molecule has 7 heteroatoms. The fraction of sp³-hybridized carbons (Fsp3) is 0.333. The summed E-state index contributed by atoms with van der Waals surface area (Å²) in [7, 11) is 3.09. The minimum absolute atomic E-state index is 0.00629. The molecule has 6 nitrogen and oxygen atoms in total. The molecular weight excluding hydrogens is 435 g/mol. The van der Waals surface area contributed by atoms with Crippen molar-refractivity contribution in [3.05, 3.63) is 76.4 Å². The Kier molecular flexibility index (Phi) is 6.21. The smallest absolute Gasteiger partial charge is 0.254 e. The van der Waals surface area contributed by atoms with Crippen molar-refractivity contribution in [2.75, 3.05) is 19.5 Å². The van der Waals surface area contributed by atoms with Gasteiger partial charge in [0.1, 0.15) is 5.82 Å². The van der Waals surface area contributed by atoms with E-state index in [0.717, 1.165) is 5.70 Å². The molecule has 2 aliphatic rings. The predicted molar refractivity (Wildman–Crippen MR) is 128 cm³/mol. The van der Waals surface area contributed by atoms with Crippen LogP contribution in [0, 0.1) is 11.2 Å². The number of Topliss-reactive ketones (excluding diaryl/α,β-unsaturated/α-hetero) is 1. The molecule has 0 spiro atoms. The first-order valence-corrected chi connectivity index (χ1v) is 11.2. The first-order valence-electron chi connectivity index (χ1n) is 11.2. The van der Waals surface area contributed by atoms with E-state index < -0.39 is 11.7 Å². The summed E-state index contributed by atoms with van der Waals surface area (Å²) in [5, 5.41) is 6.19. The van der Waals surface area contributed by atoms with E-state index in [9.17, 15) is 14.0 Å². The number of nitrogens with one attached hydrogen (secondary N) is 2. The molecule has 2 aromatic rings. The van der Waals surface area contributed by atoms with E-state index in [0.29, 0.717) is 52.4 Å². The van der Waals surface area contributed by atoms with Crippen molar-refractivity contribution < 1.29 is 23.5 Å². The van der Waals surface area contributed by atoms with E-state index >= 15 is 0 Å². The van der Waals surface area contributed by atoms with E-state index in [1.54, 1.807) is 20.3 Å². The van der Waals surface area contributed by atoms with E-state index in [1.807, 2.05) is 19.1 Å². The molecule has 2 N–H and O–H groups in total. The molecule has 1 heterocycles. The lowest BCUT2D eigenvalue weighted by atomic mass is 9.68. The normalized spacial score (nSPS) is 19.4. The van der Waals surface area contributed by atoms with Crippen LogP contribution in [0.25, 0.3) is 0 Å². The highest BCUT2D eigenvalue weighted by Gasteiger charge is 2.43. The standard InChI is InChI=1S/C27H29FN2O4/c1-15-22(26(32)30-17-11-9-16(28)10-12-17)23(18-7-6-8-21(33-4)25(18)34-5)24-19(29-15)13-27(2,3)14-20(24)31/h6-12,23,29H,13-14H2,1-5H3,(H,30,32). The van der Waals surface area contributed by atoms with Gasteiger partial charge in [-0.15, -0.1) is 0 Å². The summed E-state index contributed by atoms with van der Waals surface area (Å²) in [6.07, 6.45) is 1.06. The van der Waals surface area contributed by atoms with Crippen LogP contribution in [0.3, 0.4) is 0 Å². The minimum Gasteiger partial charge on any atom is -0.493 e. The molecule has 1 atom stereocenters. The molecular formula is C27H29FN2O4. The summed E-state index contributed by atoms with van der Waals surface area (Å²) in [5.74, 6) is -0.437. The molecule has 0 fully saturated rings. The fourth-order valence-corrected chi connectivity index (χ4v) is 4.92. The highest BCUT2D eigenvalue weighted by atomic mass is 19.1. The number of methoxy groups -OCH3 is 2. The molecule has 0 radical (unpaired) electrons. The molecule has 178 valence electrons. The van der Waals surface area contributed by atoms with Crippen molar-refractivity contribution in [1.29, 1.82) is 0 Å². The Morgan fingerprint density at radius 3 is 2.44 bits per heavy atom. The predicted octanol–water partition coefficient (Wildman–Crippen LogP) is 5.09. The number of para-hydroxylation sites is 1. The van der Waals surface area contributed by atoms with Gasteiger partial charge < -0.3 is 20.1 Å². The molecule has 1 aliphatic carbocycles. The Balaban J connectivity index is 1.87. The minimum atomic E-state index is -0.648. The van der Waals surface area contributed by atoms with Gasteiger partial charge in [0, 0.05) is 40.2 Å². The maximum Gasteiger partial charge on any atom is 0.254 e. The van der Waals surface area contributed by atoms with Crippen molar-refractivity contribution in [3.8, 4) is 11.5 Å². The van der Waals surface area contributed by atoms with Crippen LogP contribution in [-0.4, -0.2) is 25.9 Å². The van der Waals surface area contributed by atoms with Crippen LogP contribution in [-0.2, 0) is 9.59 Å². The number of rotatable bonds is 5. The molecule has 4 rings (SSSR count). The molecule has 34 heavy (non-hydrogen) atoms. The molecule has 0 saturated heterocycles. The van der Waals surface area contributed by atoms with Crippen molar-refractivity contribution >= 4 is 17.4 Å². The Morgan fingerprint density at radius 2 is 1.79 bits per heavy atom. The number of anilines is 1. The van der Waals surface area contributed by atoms with E-state index in [4.69, 9.17) is 9.47 Å². The summed E-state index contributed by atoms with van der Waals surface area (Å²) in [5.41, 5.74) is 3.39. The van der Waals surface area contributed by atoms with E-state index in [1.165, 1.54) is 24.3 Å². The van der Waals surface area contributed by atoms with Gasteiger partial charge in [-0.3, -0.25) is 9.59 Å². The van der Waals surface area contributed by atoms with Crippen molar-refractivity contribution in [2.24, 2.45) is 5.41 Å². The van der Waals surface area contributed by atoms with Gasteiger partial charge in [0.15, 0.2) is 17.3 Å². The third-order valence-electron chi connectivity index (χ3n) is 6.33. The lowest BCUT2D eigenvalue weighted by Crippen LogP contribution is -2.39. The Bertz CT molecular complexity index is 1210. The van der Waals surface area contributed by atoms with Gasteiger partial charge in [-0.05, 0) is 49.1 Å². The van der Waals surface area contributed by atoms with E-state index in [2.05, 4.69) is 24.5 Å². The first-order chi connectivity index (χ1) is 16.1. The third-order valence-corrected chi connectivity index (χ3v) is 6.33. The fourth-order valence-electron chi connectivity index (χ4n) is 4.92. The molecule has 2 aromatic carbocycles. The summed E-state index contributed by atoms with van der Waals surface area (Å²) in [4.78, 5) is 27.1. The van der Waals surface area contributed by atoms with Gasteiger partial charge in [-0.2, -0.15) is 0 Å². The molecule has 1 unspecified atom stereocenters. The molecule has 0 saturated carbocycles. The number of carbonyl (C=O) groups is 2. The Morgan fingerprint density at radius 1 is 1.09 bits per heavy atom. The van der Waals surface area contributed by atoms with Gasteiger partial charge in [-0.25, -0.2) is 4.39 Å². The number of hydrogen-bond acceptors (Lipinski definition) is 5. The van der Waals surface area contributed by atoms with Crippen LogP contribution in [0.1, 0.15) is 45.1 Å². The zero-order chi connectivity index (χ0) is 24.6. The molecule has 0 aromatic heterocycles. The lowest BCUT2D eigenvalue weighted by molar-refractivity contribution is -0.118. The average molecular weight is 465 g/mol. The van der Waals surface area contributed by atoms with Gasteiger partial charge in [0.05, 0.1) is 20.1 Å². The van der Waals surface area contributed by atoms with Crippen molar-refractivity contribution in [3.63, 3.8) is 0 Å². The van der Waals surface area contributed by atoms with Crippen LogP contribution in [0.5, 0.6) is 11.5 Å². The molecule has 1 aliphatic heterocycles. The highest BCUT2D eigenvalue weighted by molar-refractivity contribution is 6.10. The summed E-state index contributed by atoms with van der Waals surface area (Å²) in [6, 6.07) is 11.0.